The molecule has 55 heavy (non-hydrogen) atoms. The number of thiophene rings is 1. The molecule has 3 aromatic carbocycles. The number of thioether (sulfide) groups is 1. The van der Waals surface area contributed by atoms with Crippen molar-refractivity contribution >= 4 is 56.4 Å². The first-order valence-electron chi connectivity index (χ1n) is 19.9. The topological polar surface area (TPSA) is 48.2 Å². The quantitative estimate of drug-likeness (QED) is 0.214. The van der Waals surface area contributed by atoms with Crippen molar-refractivity contribution in [2.75, 3.05) is 0 Å². The number of amidine groups is 1. The summed E-state index contributed by atoms with van der Waals surface area (Å²) in [5.41, 5.74) is 14.7. The molecule has 0 amide bonds. The zero-order chi connectivity index (χ0) is 36.9. The molecule has 3 unspecified atom stereocenters. The van der Waals surface area contributed by atoms with Gasteiger partial charge in [0.05, 0.1) is 12.1 Å². The van der Waals surface area contributed by atoms with Gasteiger partial charge in [-0.05, 0) is 144 Å². The fourth-order valence-corrected chi connectivity index (χ4v) is 11.6. The highest BCUT2D eigenvalue weighted by Crippen LogP contribution is 2.50. The van der Waals surface area contributed by atoms with Gasteiger partial charge < -0.3 is 5.32 Å². The van der Waals surface area contributed by atoms with Gasteiger partial charge >= 0.3 is 0 Å². The van der Waals surface area contributed by atoms with E-state index in [1.54, 1.807) is 0 Å². The molecular formula is C50H43N3S2. The van der Waals surface area contributed by atoms with E-state index in [0.717, 1.165) is 74.0 Å². The number of nitriles is 1. The van der Waals surface area contributed by atoms with Crippen molar-refractivity contribution in [2.24, 2.45) is 4.99 Å². The molecule has 0 fully saturated rings. The summed E-state index contributed by atoms with van der Waals surface area (Å²) in [6.45, 7) is 2.29. The van der Waals surface area contributed by atoms with Crippen molar-refractivity contribution in [3.8, 4) is 17.2 Å². The van der Waals surface area contributed by atoms with Crippen LogP contribution in [0.2, 0.25) is 0 Å². The second-order valence-corrected chi connectivity index (χ2v) is 17.7. The normalized spacial score (nSPS) is 22.7. The van der Waals surface area contributed by atoms with Crippen LogP contribution >= 0.6 is 23.1 Å². The van der Waals surface area contributed by atoms with Gasteiger partial charge in [-0.1, -0.05) is 85.9 Å². The summed E-state index contributed by atoms with van der Waals surface area (Å²) in [7, 11) is 0. The number of rotatable bonds is 6. The van der Waals surface area contributed by atoms with Crippen LogP contribution in [-0.2, 0) is 6.42 Å². The van der Waals surface area contributed by atoms with Gasteiger partial charge in [0.1, 0.15) is 5.84 Å². The predicted molar refractivity (Wildman–Crippen MR) is 234 cm³/mol. The molecule has 4 aromatic rings. The fraction of sp³-hybridized carbons (Fsp3) is 0.240. The average molecular weight is 750 g/mol. The third kappa shape index (κ3) is 6.46. The van der Waals surface area contributed by atoms with Crippen LogP contribution in [0.4, 0.5) is 0 Å². The SMILES string of the molecule is CCC1=C(c2cc(C3=CC4c5ccccc5SC4C=C3)cc(-c3ccc4sc5c(c4c3)C=CCC5)c2)NC(C2=CCCC(C#N)=C2)=NC(C2=CC=CCC2)C1. The molecular weight excluding hydrogens is 707 g/mol. The molecule has 4 aliphatic carbocycles. The van der Waals surface area contributed by atoms with Gasteiger partial charge in [0.2, 0.25) is 0 Å². The fourth-order valence-electron chi connectivity index (χ4n) is 9.07. The maximum absolute atomic E-state index is 9.90. The standard InChI is InChI=1S/C50H43N3S2/c1-2-32-29-44(33-12-4-3-5-13-33)52-50(36-14-10-11-31(23-36)30-51)53-49(32)39-25-37(34-19-21-47-42(27-34)40-15-6-8-17-45(40)54-47)24-38(26-39)35-20-22-48-43(28-35)41-16-7-9-18-46(41)55-48/h3-4,6-8,12,14-17,19-28,42,44,47H,2,5,9-11,13,18,29H2,1H3,(H,52,53). The van der Waals surface area contributed by atoms with Crippen LogP contribution in [0.5, 0.6) is 0 Å². The molecule has 3 atom stereocenters. The number of aryl methyl sites for hydroxylation is 1. The molecule has 0 saturated heterocycles. The van der Waals surface area contributed by atoms with Crippen LogP contribution in [0.25, 0.3) is 38.6 Å². The third-order valence-electron chi connectivity index (χ3n) is 12.0. The van der Waals surface area contributed by atoms with Crippen molar-refractivity contribution < 1.29 is 0 Å². The highest BCUT2D eigenvalue weighted by atomic mass is 32.2. The summed E-state index contributed by atoms with van der Waals surface area (Å²) in [4.78, 5) is 8.39. The molecule has 5 heteroatoms. The summed E-state index contributed by atoms with van der Waals surface area (Å²) in [6, 6.07) is 25.7. The molecule has 270 valence electrons. The lowest BCUT2D eigenvalue weighted by molar-refractivity contribution is 0.704. The number of allylic oxidation sites excluding steroid dienone is 9. The minimum Gasteiger partial charge on any atom is -0.340 e. The molecule has 1 N–H and O–H groups in total. The molecule has 3 heterocycles. The summed E-state index contributed by atoms with van der Waals surface area (Å²) in [6.07, 6.45) is 30.7. The van der Waals surface area contributed by atoms with E-state index in [0.29, 0.717) is 11.2 Å². The van der Waals surface area contributed by atoms with Gasteiger partial charge in [0.25, 0.3) is 0 Å². The summed E-state index contributed by atoms with van der Waals surface area (Å²) in [5, 5.41) is 15.6. The maximum Gasteiger partial charge on any atom is 0.133 e. The molecule has 6 aliphatic rings. The minimum atomic E-state index is 0.0467. The van der Waals surface area contributed by atoms with E-state index >= 15 is 0 Å². The Morgan fingerprint density at radius 3 is 2.67 bits per heavy atom. The molecule has 2 aliphatic heterocycles. The highest BCUT2D eigenvalue weighted by molar-refractivity contribution is 8.00. The number of hydrogen-bond donors (Lipinski definition) is 1. The molecule has 0 saturated carbocycles. The number of nitrogens with one attached hydrogen (secondary N) is 1. The zero-order valence-electron chi connectivity index (χ0n) is 31.1. The molecule has 3 nitrogen and oxygen atoms in total. The molecule has 1 aromatic heterocycles. The van der Waals surface area contributed by atoms with Crippen LogP contribution in [0, 0.1) is 11.3 Å². The average Bonchev–Trinajstić information content (AvgIpc) is 3.74. The Labute approximate surface area is 332 Å². The van der Waals surface area contributed by atoms with Gasteiger partial charge in [-0.2, -0.15) is 5.26 Å². The number of benzene rings is 3. The number of fused-ring (bicyclic) bond motifs is 6. The van der Waals surface area contributed by atoms with E-state index in [-0.39, 0.29) is 6.04 Å². The van der Waals surface area contributed by atoms with Crippen LogP contribution in [0.1, 0.15) is 84.9 Å². The smallest absolute Gasteiger partial charge is 0.133 e. The lowest BCUT2D eigenvalue weighted by Crippen LogP contribution is -2.25. The monoisotopic (exact) mass is 749 g/mol. The van der Waals surface area contributed by atoms with Crippen LogP contribution < -0.4 is 5.32 Å². The Morgan fingerprint density at radius 2 is 1.78 bits per heavy atom. The first-order valence-corrected chi connectivity index (χ1v) is 21.6. The van der Waals surface area contributed by atoms with Crippen molar-refractivity contribution in [3.05, 3.63) is 165 Å². The van der Waals surface area contributed by atoms with Crippen LogP contribution in [0.3, 0.4) is 0 Å². The second-order valence-electron chi connectivity index (χ2n) is 15.4. The molecule has 0 spiro atoms. The number of hydrogen-bond acceptors (Lipinski definition) is 5. The van der Waals surface area contributed by atoms with Gasteiger partial charge in [0, 0.05) is 47.9 Å². The van der Waals surface area contributed by atoms with E-state index in [1.165, 1.54) is 70.0 Å². The van der Waals surface area contributed by atoms with Crippen molar-refractivity contribution in [2.45, 2.75) is 80.4 Å². The summed E-state index contributed by atoms with van der Waals surface area (Å²) >= 11 is 3.93. The Kier molecular flexibility index (Phi) is 9.05. The van der Waals surface area contributed by atoms with E-state index in [4.69, 9.17) is 4.99 Å². The van der Waals surface area contributed by atoms with Gasteiger partial charge in [-0.25, -0.2) is 0 Å². The summed E-state index contributed by atoms with van der Waals surface area (Å²) < 4.78 is 1.36. The zero-order valence-corrected chi connectivity index (χ0v) is 32.8. The van der Waals surface area contributed by atoms with Gasteiger partial charge in [0.15, 0.2) is 0 Å². The van der Waals surface area contributed by atoms with Crippen LogP contribution in [-0.4, -0.2) is 17.1 Å². The first kappa shape index (κ1) is 34.3. The largest absolute Gasteiger partial charge is 0.340 e. The van der Waals surface area contributed by atoms with Crippen molar-refractivity contribution in [1.29, 1.82) is 5.26 Å². The number of nitrogens with zero attached hydrogens (tertiary/aromatic N) is 2. The third-order valence-corrected chi connectivity index (χ3v) is 14.6. The van der Waals surface area contributed by atoms with E-state index < -0.39 is 0 Å². The Balaban J connectivity index is 1.14. The summed E-state index contributed by atoms with van der Waals surface area (Å²) in [5.74, 6) is 1.22. The first-order chi connectivity index (χ1) is 27.1. The Morgan fingerprint density at radius 1 is 0.891 bits per heavy atom. The minimum absolute atomic E-state index is 0.0467. The van der Waals surface area contributed by atoms with E-state index in [1.807, 2.05) is 23.1 Å². The molecule has 0 bridgehead atoms. The maximum atomic E-state index is 9.90. The Hall–Kier alpha value is -5.15. The van der Waals surface area contributed by atoms with E-state index in [2.05, 4.69) is 140 Å². The molecule has 0 radical (unpaired) electrons. The lowest BCUT2D eigenvalue weighted by Gasteiger charge is -2.22. The second kappa shape index (κ2) is 14.5. The van der Waals surface area contributed by atoms with Gasteiger partial charge in [-0.15, -0.1) is 23.1 Å². The van der Waals surface area contributed by atoms with Crippen molar-refractivity contribution in [3.63, 3.8) is 0 Å². The predicted octanol–water partition coefficient (Wildman–Crippen LogP) is 13.1. The number of aliphatic imine (C=N–C) groups is 1. The van der Waals surface area contributed by atoms with Gasteiger partial charge in [-0.3, -0.25) is 4.99 Å². The Bertz CT molecular complexity index is 2590. The van der Waals surface area contributed by atoms with Crippen molar-refractivity contribution in [1.82, 2.24) is 5.32 Å². The van der Waals surface area contributed by atoms with E-state index in [9.17, 15) is 5.26 Å². The lowest BCUT2D eigenvalue weighted by atomic mass is 9.85. The molecule has 10 rings (SSSR count). The highest BCUT2D eigenvalue weighted by Gasteiger charge is 2.32. The van der Waals surface area contributed by atoms with Crippen LogP contribution in [0.15, 0.2) is 148 Å².